The summed E-state index contributed by atoms with van der Waals surface area (Å²) < 4.78 is 8.23. The van der Waals surface area contributed by atoms with Gasteiger partial charge in [0.2, 0.25) is 5.88 Å². The summed E-state index contributed by atoms with van der Waals surface area (Å²) in [5.41, 5.74) is 8.59. The summed E-state index contributed by atoms with van der Waals surface area (Å²) in [6.07, 6.45) is 10.3. The lowest BCUT2D eigenvalue weighted by atomic mass is 9.75. The molecule has 1 aliphatic carbocycles. The molecule has 1 aliphatic heterocycles. The van der Waals surface area contributed by atoms with Gasteiger partial charge in [-0.25, -0.2) is 19.9 Å². The first kappa shape index (κ1) is 23.4. The number of nitrogens with zero attached hydrogens (tertiary/aromatic N) is 5. The first-order valence-corrected chi connectivity index (χ1v) is 13.0. The fraction of sp³-hybridized carbons (Fsp3) is 0.226. The monoisotopic (exact) mass is 514 g/mol. The number of aromatic nitrogens is 5. The second kappa shape index (κ2) is 8.93. The highest BCUT2D eigenvalue weighted by Gasteiger charge is 2.34. The minimum Gasteiger partial charge on any atom is -0.439 e. The van der Waals surface area contributed by atoms with Gasteiger partial charge >= 0.3 is 0 Å². The van der Waals surface area contributed by atoms with Crippen molar-refractivity contribution in [3.8, 4) is 46.4 Å². The SMILES string of the molecule is C#Cc1cc(C2CC(O)C2)c(-c2c3c4c(ncnc4n2C)NCc2cc(Oc4cccc(C)n4)ccc2-3)cn1. The van der Waals surface area contributed by atoms with E-state index in [-0.39, 0.29) is 12.0 Å². The minimum atomic E-state index is -0.289. The second-order valence-corrected chi connectivity index (χ2v) is 10.2. The molecule has 4 aromatic heterocycles. The van der Waals surface area contributed by atoms with Crippen LogP contribution in [0.15, 0.2) is 55.0 Å². The molecule has 2 N–H and O–H groups in total. The van der Waals surface area contributed by atoms with E-state index in [0.29, 0.717) is 36.7 Å². The summed E-state index contributed by atoms with van der Waals surface area (Å²) in [5, 5.41) is 14.6. The van der Waals surface area contributed by atoms with Crippen molar-refractivity contribution in [2.45, 2.75) is 38.3 Å². The van der Waals surface area contributed by atoms with Gasteiger partial charge in [0.05, 0.1) is 17.2 Å². The van der Waals surface area contributed by atoms with Crippen LogP contribution in [0.3, 0.4) is 0 Å². The number of rotatable bonds is 4. The van der Waals surface area contributed by atoms with E-state index in [1.165, 1.54) is 0 Å². The molecule has 0 saturated heterocycles. The third-order valence-electron chi connectivity index (χ3n) is 7.74. The Balaban J connectivity index is 1.43. The van der Waals surface area contributed by atoms with Gasteiger partial charge in [-0.15, -0.1) is 6.42 Å². The first-order valence-electron chi connectivity index (χ1n) is 13.0. The quantitative estimate of drug-likeness (QED) is 0.313. The first-order chi connectivity index (χ1) is 19.0. The van der Waals surface area contributed by atoms with Crippen LogP contribution in [-0.4, -0.2) is 35.7 Å². The van der Waals surface area contributed by atoms with Crippen LogP contribution in [0.5, 0.6) is 11.6 Å². The summed E-state index contributed by atoms with van der Waals surface area (Å²) in [6.45, 7) is 2.52. The standard InChI is InChI=1S/C31H26N6O2/c1-4-20-13-24(18-10-21(38)11-18)25(15-32-20)29-27-23-9-8-22(39-26-7-5-6-17(2)36-26)12-19(23)14-33-30-28(27)31(37(29)3)35-16-34-30/h1,5-9,12-13,15-16,18,21,38H,10-11,14H2,2-3H3,(H,33,34,35). The molecule has 0 atom stereocenters. The van der Waals surface area contributed by atoms with Crippen molar-refractivity contribution in [1.29, 1.82) is 0 Å². The Labute approximate surface area is 225 Å². The molecule has 0 amide bonds. The van der Waals surface area contributed by atoms with Crippen molar-refractivity contribution in [3.63, 3.8) is 0 Å². The summed E-state index contributed by atoms with van der Waals surface area (Å²) in [5.74, 6) is 4.93. The molecule has 2 aliphatic rings. The van der Waals surface area contributed by atoms with E-state index in [9.17, 15) is 5.11 Å². The summed E-state index contributed by atoms with van der Waals surface area (Å²) >= 11 is 0. The van der Waals surface area contributed by atoms with Crippen molar-refractivity contribution >= 4 is 16.9 Å². The van der Waals surface area contributed by atoms with Gasteiger partial charge in [0, 0.05) is 42.7 Å². The van der Waals surface area contributed by atoms with Crippen molar-refractivity contribution in [2.24, 2.45) is 7.05 Å². The Bertz CT molecular complexity index is 1810. The number of terminal acetylenes is 1. The van der Waals surface area contributed by atoms with Crippen LogP contribution >= 0.6 is 0 Å². The number of aliphatic hydroxyl groups excluding tert-OH is 1. The third-order valence-corrected chi connectivity index (χ3v) is 7.74. The highest BCUT2D eigenvalue weighted by molar-refractivity contribution is 6.09. The molecule has 0 radical (unpaired) electrons. The van der Waals surface area contributed by atoms with E-state index in [1.54, 1.807) is 6.33 Å². The number of pyridine rings is 2. The summed E-state index contributed by atoms with van der Waals surface area (Å²) in [6, 6.07) is 13.8. The molecule has 0 unspecified atom stereocenters. The molecule has 0 spiro atoms. The van der Waals surface area contributed by atoms with E-state index in [1.807, 2.05) is 50.5 Å². The maximum Gasteiger partial charge on any atom is 0.219 e. The zero-order valence-electron chi connectivity index (χ0n) is 21.6. The highest BCUT2D eigenvalue weighted by atomic mass is 16.5. The minimum absolute atomic E-state index is 0.210. The van der Waals surface area contributed by atoms with Gasteiger partial charge in [-0.2, -0.15) is 0 Å². The number of ether oxygens (including phenoxy) is 1. The van der Waals surface area contributed by atoms with Crippen LogP contribution in [0.4, 0.5) is 5.82 Å². The van der Waals surface area contributed by atoms with Crippen LogP contribution in [0.1, 0.15) is 41.3 Å². The number of anilines is 1. The molecule has 1 saturated carbocycles. The second-order valence-electron chi connectivity index (χ2n) is 10.2. The highest BCUT2D eigenvalue weighted by Crippen LogP contribution is 2.49. The molecule has 39 heavy (non-hydrogen) atoms. The molecule has 5 aromatic rings. The van der Waals surface area contributed by atoms with E-state index in [4.69, 9.17) is 11.2 Å². The third kappa shape index (κ3) is 3.82. The van der Waals surface area contributed by atoms with Gasteiger partial charge in [-0.1, -0.05) is 18.1 Å². The van der Waals surface area contributed by atoms with Crippen molar-refractivity contribution < 1.29 is 9.84 Å². The normalized spacial score (nSPS) is 17.5. The number of aliphatic hydroxyl groups is 1. The van der Waals surface area contributed by atoms with Gasteiger partial charge in [-0.05, 0) is 66.6 Å². The number of fused-ring (bicyclic) bond motifs is 2. The smallest absolute Gasteiger partial charge is 0.219 e. The predicted octanol–water partition coefficient (Wildman–Crippen LogP) is 5.34. The van der Waals surface area contributed by atoms with E-state index < -0.39 is 0 Å². The van der Waals surface area contributed by atoms with Crippen LogP contribution < -0.4 is 10.1 Å². The van der Waals surface area contributed by atoms with Gasteiger partial charge in [0.25, 0.3) is 0 Å². The van der Waals surface area contributed by atoms with Gasteiger partial charge in [0.1, 0.15) is 29.2 Å². The molecule has 8 nitrogen and oxygen atoms in total. The molecule has 7 rings (SSSR count). The van der Waals surface area contributed by atoms with Crippen LogP contribution in [0, 0.1) is 19.3 Å². The Morgan fingerprint density at radius 1 is 1.10 bits per heavy atom. The van der Waals surface area contributed by atoms with Gasteiger partial charge in [-0.3, -0.25) is 0 Å². The maximum absolute atomic E-state index is 10.1. The lowest BCUT2D eigenvalue weighted by molar-refractivity contribution is 0.0748. The van der Waals surface area contributed by atoms with Crippen LogP contribution in [0.2, 0.25) is 0 Å². The molecule has 0 bridgehead atoms. The van der Waals surface area contributed by atoms with Crippen molar-refractivity contribution in [2.75, 3.05) is 5.32 Å². The molecule has 192 valence electrons. The topological polar surface area (TPSA) is 98.0 Å². The Morgan fingerprint density at radius 3 is 2.77 bits per heavy atom. The van der Waals surface area contributed by atoms with Crippen LogP contribution in [-0.2, 0) is 13.6 Å². The number of hydrogen-bond acceptors (Lipinski definition) is 7. The molecule has 8 heteroatoms. The number of benzene rings is 1. The number of nitrogens with one attached hydrogen (secondary N) is 1. The average Bonchev–Trinajstić information content (AvgIpc) is 3.11. The largest absolute Gasteiger partial charge is 0.439 e. The average molecular weight is 515 g/mol. The van der Waals surface area contributed by atoms with Crippen LogP contribution in [0.25, 0.3) is 33.4 Å². The zero-order chi connectivity index (χ0) is 26.7. The molecule has 5 heterocycles. The van der Waals surface area contributed by atoms with Gasteiger partial charge < -0.3 is 19.7 Å². The van der Waals surface area contributed by atoms with Crippen molar-refractivity contribution in [3.05, 3.63) is 77.5 Å². The maximum atomic E-state index is 10.1. The van der Waals surface area contributed by atoms with E-state index in [0.717, 1.165) is 56.1 Å². The Morgan fingerprint density at radius 2 is 1.97 bits per heavy atom. The molecule has 1 aromatic carbocycles. The van der Waals surface area contributed by atoms with E-state index in [2.05, 4.69) is 47.9 Å². The molecule has 1 fully saturated rings. The number of hydrogen-bond donors (Lipinski definition) is 2. The van der Waals surface area contributed by atoms with Gasteiger partial charge in [0.15, 0.2) is 0 Å². The Kier molecular flexibility index (Phi) is 5.35. The lowest BCUT2D eigenvalue weighted by Gasteiger charge is -2.33. The lowest BCUT2D eigenvalue weighted by Crippen LogP contribution is -2.27. The fourth-order valence-electron chi connectivity index (χ4n) is 5.79. The molecular weight excluding hydrogens is 488 g/mol. The predicted molar refractivity (Wildman–Crippen MR) is 149 cm³/mol. The fourth-order valence-corrected chi connectivity index (χ4v) is 5.79. The molecular formula is C31H26N6O2. The summed E-state index contributed by atoms with van der Waals surface area (Å²) in [4.78, 5) is 18.3. The zero-order valence-corrected chi connectivity index (χ0v) is 21.6. The number of aryl methyl sites for hydroxylation is 2. The summed E-state index contributed by atoms with van der Waals surface area (Å²) in [7, 11) is 2.02. The van der Waals surface area contributed by atoms with Crippen molar-refractivity contribution in [1.82, 2.24) is 24.5 Å². The van der Waals surface area contributed by atoms with E-state index >= 15 is 0 Å². The Hall–Kier alpha value is -4.74.